The Morgan fingerprint density at radius 3 is 2.33 bits per heavy atom. The Bertz CT molecular complexity index is 461. The van der Waals surface area contributed by atoms with E-state index in [9.17, 15) is 14.5 Å². The molecule has 96 valence electrons. The van der Waals surface area contributed by atoms with Crippen LogP contribution in [0.2, 0.25) is 5.02 Å². The van der Waals surface area contributed by atoms with Gasteiger partial charge in [-0.05, 0) is 17.7 Å². The van der Waals surface area contributed by atoms with E-state index in [1.807, 2.05) is 0 Å². The van der Waals surface area contributed by atoms with Gasteiger partial charge in [-0.15, -0.1) is 4.91 Å². The highest BCUT2D eigenvalue weighted by Gasteiger charge is 2.28. The summed E-state index contributed by atoms with van der Waals surface area (Å²) >= 11 is 5.71. The molecule has 0 bridgehead atoms. The molecule has 0 saturated heterocycles. The summed E-state index contributed by atoms with van der Waals surface area (Å²) < 4.78 is 0. The maximum absolute atomic E-state index is 11.0. The quantitative estimate of drug-likeness (QED) is 0.788. The molecule has 1 rings (SSSR count). The van der Waals surface area contributed by atoms with Crippen LogP contribution < -0.4 is 5.73 Å². The first-order valence-electron chi connectivity index (χ1n) is 5.05. The Hall–Kier alpha value is -1.79. The molecule has 2 atom stereocenters. The normalized spacial score (nSPS) is 13.7. The van der Waals surface area contributed by atoms with Crippen molar-refractivity contribution < 1.29 is 14.7 Å². The van der Waals surface area contributed by atoms with Crippen LogP contribution in [0.4, 0.5) is 0 Å². The number of carbonyl (C=O) groups is 2. The van der Waals surface area contributed by atoms with Gasteiger partial charge in [0.1, 0.15) is 6.04 Å². The Labute approximate surface area is 108 Å². The van der Waals surface area contributed by atoms with Crippen molar-refractivity contribution in [3.05, 3.63) is 39.8 Å². The number of rotatable bonds is 5. The number of nitrogens with two attached hydrogens (primary N) is 1. The van der Waals surface area contributed by atoms with Crippen molar-refractivity contribution in [2.45, 2.75) is 18.4 Å². The van der Waals surface area contributed by atoms with E-state index in [-0.39, 0.29) is 6.42 Å². The fourth-order valence-electron chi connectivity index (χ4n) is 1.56. The lowest BCUT2D eigenvalue weighted by Crippen LogP contribution is -2.37. The van der Waals surface area contributed by atoms with E-state index in [4.69, 9.17) is 22.4 Å². The number of amides is 1. The molecule has 7 heteroatoms. The summed E-state index contributed by atoms with van der Waals surface area (Å²) in [6.07, 6.45) is -0.349. The topological polar surface area (TPSA) is 110 Å². The van der Waals surface area contributed by atoms with Gasteiger partial charge in [0.2, 0.25) is 0 Å². The van der Waals surface area contributed by atoms with E-state index in [0.717, 1.165) is 0 Å². The molecule has 0 fully saturated rings. The largest absolute Gasteiger partial charge is 0.480 e. The number of hydrogen-bond acceptors (Lipinski definition) is 4. The SMILES string of the molecule is N[C@@H](C(=O)O)[C@H](CC(=O)N=O)c1ccc(Cl)cc1. The van der Waals surface area contributed by atoms with Crippen molar-refractivity contribution in [3.63, 3.8) is 0 Å². The standard InChI is InChI=1S/C11H11ClN2O4/c12-7-3-1-6(2-4-7)8(5-9(15)14-18)10(13)11(16)17/h1-4,8,10H,5,13H2,(H,16,17)/t8-,10-/m1/s1. The van der Waals surface area contributed by atoms with Crippen LogP contribution in [0.15, 0.2) is 29.4 Å². The molecule has 6 nitrogen and oxygen atoms in total. The van der Waals surface area contributed by atoms with Gasteiger partial charge in [-0.1, -0.05) is 23.7 Å². The Kier molecular flexibility index (Phi) is 4.94. The molecule has 0 aromatic heterocycles. The number of benzene rings is 1. The van der Waals surface area contributed by atoms with Gasteiger partial charge in [0.25, 0.3) is 5.91 Å². The van der Waals surface area contributed by atoms with E-state index >= 15 is 0 Å². The van der Waals surface area contributed by atoms with E-state index in [1.165, 1.54) is 0 Å². The number of carboxylic acid groups (broad SMARTS) is 1. The fraction of sp³-hybridized carbons (Fsp3) is 0.273. The van der Waals surface area contributed by atoms with Crippen LogP contribution in [0.25, 0.3) is 0 Å². The van der Waals surface area contributed by atoms with Gasteiger partial charge >= 0.3 is 5.97 Å². The van der Waals surface area contributed by atoms with Crippen molar-refractivity contribution >= 4 is 23.5 Å². The Balaban J connectivity index is 3.03. The van der Waals surface area contributed by atoms with E-state index < -0.39 is 23.8 Å². The first-order chi connectivity index (χ1) is 8.45. The highest BCUT2D eigenvalue weighted by atomic mass is 35.5. The minimum atomic E-state index is -1.29. The molecule has 1 aromatic rings. The molecule has 3 N–H and O–H groups in total. The van der Waals surface area contributed by atoms with Crippen LogP contribution in [-0.4, -0.2) is 23.0 Å². The second kappa shape index (κ2) is 6.23. The van der Waals surface area contributed by atoms with Crippen LogP contribution >= 0.6 is 11.6 Å². The number of carboxylic acids is 1. The average Bonchev–Trinajstić information content (AvgIpc) is 2.36. The maximum atomic E-state index is 11.0. The van der Waals surface area contributed by atoms with Crippen molar-refractivity contribution in [1.82, 2.24) is 0 Å². The maximum Gasteiger partial charge on any atom is 0.321 e. The predicted octanol–water partition coefficient (Wildman–Crippen LogP) is 1.52. The molecule has 0 radical (unpaired) electrons. The lowest BCUT2D eigenvalue weighted by molar-refractivity contribution is -0.139. The van der Waals surface area contributed by atoms with E-state index in [2.05, 4.69) is 5.18 Å². The summed E-state index contributed by atoms with van der Waals surface area (Å²) in [6.45, 7) is 0. The summed E-state index contributed by atoms with van der Waals surface area (Å²) in [5, 5.41) is 11.6. The molecule has 0 aliphatic heterocycles. The minimum Gasteiger partial charge on any atom is -0.480 e. The van der Waals surface area contributed by atoms with Crippen LogP contribution in [0.3, 0.4) is 0 Å². The minimum absolute atomic E-state index is 0.349. The van der Waals surface area contributed by atoms with E-state index in [0.29, 0.717) is 10.6 Å². The van der Waals surface area contributed by atoms with Crippen molar-refractivity contribution in [2.75, 3.05) is 0 Å². The van der Waals surface area contributed by atoms with Gasteiger partial charge in [-0.25, -0.2) is 0 Å². The first-order valence-corrected chi connectivity index (χ1v) is 5.43. The molecule has 0 aliphatic rings. The van der Waals surface area contributed by atoms with Gasteiger partial charge in [0.05, 0.1) is 0 Å². The highest BCUT2D eigenvalue weighted by molar-refractivity contribution is 6.30. The van der Waals surface area contributed by atoms with Crippen LogP contribution in [0, 0.1) is 4.91 Å². The number of aliphatic carboxylic acids is 1. The number of nitrogens with zero attached hydrogens (tertiary/aromatic N) is 1. The Morgan fingerprint density at radius 2 is 1.89 bits per heavy atom. The predicted molar refractivity (Wildman–Crippen MR) is 65.2 cm³/mol. The summed E-state index contributed by atoms with van der Waals surface area (Å²) in [5.41, 5.74) is 6.03. The van der Waals surface area contributed by atoms with Gasteiger partial charge in [0, 0.05) is 22.5 Å². The number of halogens is 1. The zero-order chi connectivity index (χ0) is 13.7. The summed E-state index contributed by atoms with van der Waals surface area (Å²) in [6, 6.07) is 4.94. The lowest BCUT2D eigenvalue weighted by atomic mass is 9.89. The smallest absolute Gasteiger partial charge is 0.321 e. The summed E-state index contributed by atoms with van der Waals surface area (Å²) in [5.74, 6) is -3.01. The van der Waals surface area contributed by atoms with Crippen molar-refractivity contribution in [1.29, 1.82) is 0 Å². The second-order valence-corrected chi connectivity index (χ2v) is 4.15. The summed E-state index contributed by atoms with van der Waals surface area (Å²) in [4.78, 5) is 32.0. The molecule has 0 heterocycles. The van der Waals surface area contributed by atoms with Gasteiger partial charge in [0.15, 0.2) is 0 Å². The van der Waals surface area contributed by atoms with Gasteiger partial charge < -0.3 is 10.8 Å². The number of nitroso groups, excluding NO2 is 1. The lowest BCUT2D eigenvalue weighted by Gasteiger charge is -2.19. The van der Waals surface area contributed by atoms with Crippen LogP contribution in [0.5, 0.6) is 0 Å². The second-order valence-electron chi connectivity index (χ2n) is 3.71. The molecular weight excluding hydrogens is 260 g/mol. The molecule has 0 unspecified atom stereocenters. The molecular formula is C11H11ClN2O4. The number of hydrogen-bond donors (Lipinski definition) is 2. The zero-order valence-corrected chi connectivity index (χ0v) is 10.0. The Morgan fingerprint density at radius 1 is 1.33 bits per heavy atom. The third-order valence-corrected chi connectivity index (χ3v) is 2.77. The monoisotopic (exact) mass is 270 g/mol. The molecule has 0 saturated carbocycles. The van der Waals surface area contributed by atoms with Crippen molar-refractivity contribution in [3.8, 4) is 0 Å². The van der Waals surface area contributed by atoms with Crippen LogP contribution in [0.1, 0.15) is 17.9 Å². The molecule has 0 spiro atoms. The third kappa shape index (κ3) is 3.61. The van der Waals surface area contributed by atoms with Crippen molar-refractivity contribution in [2.24, 2.45) is 10.9 Å². The fourth-order valence-corrected chi connectivity index (χ4v) is 1.69. The van der Waals surface area contributed by atoms with Gasteiger partial charge in [-0.2, -0.15) is 0 Å². The van der Waals surface area contributed by atoms with E-state index in [1.54, 1.807) is 24.3 Å². The molecule has 0 aliphatic carbocycles. The molecule has 1 amide bonds. The number of carbonyl (C=O) groups excluding carboxylic acids is 1. The summed E-state index contributed by atoms with van der Waals surface area (Å²) in [7, 11) is 0. The third-order valence-electron chi connectivity index (χ3n) is 2.51. The van der Waals surface area contributed by atoms with Gasteiger partial charge in [-0.3, -0.25) is 9.59 Å². The van der Waals surface area contributed by atoms with Crippen LogP contribution in [-0.2, 0) is 9.59 Å². The average molecular weight is 271 g/mol. The highest BCUT2D eigenvalue weighted by Crippen LogP contribution is 2.25. The zero-order valence-electron chi connectivity index (χ0n) is 9.25. The molecule has 1 aromatic carbocycles. The molecule has 18 heavy (non-hydrogen) atoms. The first kappa shape index (κ1) is 14.3.